The Labute approximate surface area is 111 Å². The number of hydrogen-bond donors (Lipinski definition) is 0. The van der Waals surface area contributed by atoms with Gasteiger partial charge in [0.15, 0.2) is 11.6 Å². The molecule has 6 nitrogen and oxygen atoms in total. The van der Waals surface area contributed by atoms with Crippen LogP contribution in [0.15, 0.2) is 18.6 Å². The minimum Gasteiger partial charge on any atom is -0.462 e. The molecular formula is C13H16N4O2. The highest BCUT2D eigenvalue weighted by molar-refractivity contribution is 5.90. The zero-order valence-corrected chi connectivity index (χ0v) is 11.3. The maximum absolute atomic E-state index is 11.8. The van der Waals surface area contributed by atoms with Gasteiger partial charge in [-0.15, -0.1) is 0 Å². The fraction of sp³-hybridized carbons (Fsp3) is 0.385. The number of esters is 1. The summed E-state index contributed by atoms with van der Waals surface area (Å²) in [5, 5.41) is 0. The molecule has 0 N–H and O–H groups in total. The highest BCUT2D eigenvalue weighted by Gasteiger charge is 2.16. The molecule has 0 atom stereocenters. The second kappa shape index (κ2) is 5.60. The smallest absolute Gasteiger partial charge is 0.341 e. The maximum Gasteiger partial charge on any atom is 0.341 e. The van der Waals surface area contributed by atoms with Crippen LogP contribution in [0, 0.1) is 0 Å². The van der Waals surface area contributed by atoms with Crippen molar-refractivity contribution < 1.29 is 9.53 Å². The average molecular weight is 260 g/mol. The van der Waals surface area contributed by atoms with Crippen molar-refractivity contribution in [2.24, 2.45) is 7.05 Å². The quantitative estimate of drug-likeness (QED) is 0.781. The molecule has 0 aliphatic heterocycles. The normalized spacial score (nSPS) is 10.5. The lowest BCUT2D eigenvalue weighted by Gasteiger charge is -2.08. The van der Waals surface area contributed by atoms with E-state index in [1.807, 2.05) is 24.7 Å². The minimum atomic E-state index is -0.384. The van der Waals surface area contributed by atoms with E-state index in [-0.39, 0.29) is 5.97 Å². The average Bonchev–Trinajstić information content (AvgIpc) is 2.84. The first-order chi connectivity index (χ1) is 9.17. The lowest BCUT2D eigenvalue weighted by molar-refractivity contribution is 0.0524. The number of hydrogen-bond acceptors (Lipinski definition) is 5. The van der Waals surface area contributed by atoms with Gasteiger partial charge in [-0.2, -0.15) is 0 Å². The van der Waals surface area contributed by atoms with Gasteiger partial charge in [0, 0.05) is 25.6 Å². The van der Waals surface area contributed by atoms with Crippen molar-refractivity contribution in [2.45, 2.75) is 20.3 Å². The molecule has 19 heavy (non-hydrogen) atoms. The second-order valence-electron chi connectivity index (χ2n) is 3.99. The molecule has 2 rings (SSSR count). The molecule has 0 aliphatic carbocycles. The van der Waals surface area contributed by atoms with Crippen molar-refractivity contribution in [1.82, 2.24) is 19.5 Å². The zero-order valence-electron chi connectivity index (χ0n) is 11.3. The molecule has 2 aromatic rings. The molecule has 100 valence electrons. The number of aromatic nitrogens is 4. The number of rotatable bonds is 4. The molecule has 0 bridgehead atoms. The SMILES string of the molecule is CCOC(=O)c1cnc(-c2nccn2C)nc1CC. The van der Waals surface area contributed by atoms with Crippen molar-refractivity contribution >= 4 is 5.97 Å². The summed E-state index contributed by atoms with van der Waals surface area (Å²) in [6, 6.07) is 0. The summed E-state index contributed by atoms with van der Waals surface area (Å²) in [5.41, 5.74) is 1.09. The van der Waals surface area contributed by atoms with Crippen molar-refractivity contribution in [3.05, 3.63) is 29.8 Å². The largest absolute Gasteiger partial charge is 0.462 e. The number of imidazole rings is 1. The zero-order chi connectivity index (χ0) is 13.8. The van der Waals surface area contributed by atoms with Crippen LogP contribution >= 0.6 is 0 Å². The first kappa shape index (κ1) is 13.2. The van der Waals surface area contributed by atoms with Gasteiger partial charge in [-0.05, 0) is 13.3 Å². The first-order valence-corrected chi connectivity index (χ1v) is 6.18. The second-order valence-corrected chi connectivity index (χ2v) is 3.99. The van der Waals surface area contributed by atoms with Gasteiger partial charge in [-0.25, -0.2) is 19.7 Å². The molecule has 0 unspecified atom stereocenters. The van der Waals surface area contributed by atoms with E-state index in [4.69, 9.17) is 4.74 Å². The Kier molecular flexibility index (Phi) is 3.89. The van der Waals surface area contributed by atoms with Gasteiger partial charge in [-0.3, -0.25) is 0 Å². The molecule has 0 aliphatic rings. The molecule has 0 saturated carbocycles. The van der Waals surface area contributed by atoms with E-state index in [0.29, 0.717) is 35.9 Å². The molecule has 0 amide bonds. The van der Waals surface area contributed by atoms with Gasteiger partial charge in [0.1, 0.15) is 0 Å². The van der Waals surface area contributed by atoms with Crippen molar-refractivity contribution in [3.63, 3.8) is 0 Å². The van der Waals surface area contributed by atoms with Crippen molar-refractivity contribution in [3.8, 4) is 11.6 Å². The highest BCUT2D eigenvalue weighted by Crippen LogP contribution is 2.15. The van der Waals surface area contributed by atoms with Gasteiger partial charge in [-0.1, -0.05) is 6.92 Å². The molecule has 0 spiro atoms. The van der Waals surface area contributed by atoms with Crippen LogP contribution < -0.4 is 0 Å². The summed E-state index contributed by atoms with van der Waals surface area (Å²) < 4.78 is 6.82. The number of carbonyl (C=O) groups excluding carboxylic acids is 1. The summed E-state index contributed by atoms with van der Waals surface area (Å²) in [4.78, 5) is 24.6. The first-order valence-electron chi connectivity index (χ1n) is 6.18. The third-order valence-electron chi connectivity index (χ3n) is 2.72. The van der Waals surface area contributed by atoms with Gasteiger partial charge in [0.25, 0.3) is 0 Å². The monoisotopic (exact) mass is 260 g/mol. The van der Waals surface area contributed by atoms with Crippen LogP contribution in [0.2, 0.25) is 0 Å². The number of ether oxygens (including phenoxy) is 1. The van der Waals surface area contributed by atoms with Crippen LogP contribution in [-0.2, 0) is 18.2 Å². The van der Waals surface area contributed by atoms with Gasteiger partial charge < -0.3 is 9.30 Å². The van der Waals surface area contributed by atoms with Crippen LogP contribution in [0.25, 0.3) is 11.6 Å². The van der Waals surface area contributed by atoms with E-state index >= 15 is 0 Å². The van der Waals surface area contributed by atoms with E-state index < -0.39 is 0 Å². The molecule has 0 fully saturated rings. The molecule has 2 aromatic heterocycles. The van der Waals surface area contributed by atoms with Crippen molar-refractivity contribution in [1.29, 1.82) is 0 Å². The Hall–Kier alpha value is -2.24. The van der Waals surface area contributed by atoms with E-state index in [9.17, 15) is 4.79 Å². The molecule has 6 heteroatoms. The van der Waals surface area contributed by atoms with Gasteiger partial charge in [0.05, 0.1) is 17.9 Å². The molecule has 0 aromatic carbocycles. The summed E-state index contributed by atoms with van der Waals surface area (Å²) in [5.74, 6) is 0.799. The predicted molar refractivity (Wildman–Crippen MR) is 69.6 cm³/mol. The lowest BCUT2D eigenvalue weighted by atomic mass is 10.2. The molecule has 2 heterocycles. The van der Waals surface area contributed by atoms with Crippen LogP contribution in [0.5, 0.6) is 0 Å². The maximum atomic E-state index is 11.8. The summed E-state index contributed by atoms with van der Waals surface area (Å²) in [6.07, 6.45) is 5.65. The Morgan fingerprint density at radius 1 is 1.37 bits per heavy atom. The van der Waals surface area contributed by atoms with Crippen LogP contribution in [0.1, 0.15) is 29.9 Å². The van der Waals surface area contributed by atoms with Crippen LogP contribution in [0.3, 0.4) is 0 Å². The molecular weight excluding hydrogens is 244 g/mol. The standard InChI is InChI=1S/C13H16N4O2/c1-4-10-9(13(18)19-5-2)8-15-11(16-10)12-14-6-7-17(12)3/h6-8H,4-5H2,1-3H3. The Bertz CT molecular complexity index is 592. The highest BCUT2D eigenvalue weighted by atomic mass is 16.5. The van der Waals surface area contributed by atoms with E-state index in [1.165, 1.54) is 6.20 Å². The Morgan fingerprint density at radius 2 is 2.16 bits per heavy atom. The van der Waals surface area contributed by atoms with Crippen LogP contribution in [-0.4, -0.2) is 32.1 Å². The predicted octanol–water partition coefficient (Wildman–Crippen LogP) is 1.62. The third kappa shape index (κ3) is 2.62. The third-order valence-corrected chi connectivity index (χ3v) is 2.72. The van der Waals surface area contributed by atoms with Gasteiger partial charge in [0.2, 0.25) is 0 Å². The summed E-state index contributed by atoms with van der Waals surface area (Å²) in [7, 11) is 1.87. The lowest BCUT2D eigenvalue weighted by Crippen LogP contribution is -2.11. The minimum absolute atomic E-state index is 0.336. The topological polar surface area (TPSA) is 69.9 Å². The summed E-state index contributed by atoms with van der Waals surface area (Å²) >= 11 is 0. The Balaban J connectivity index is 2.42. The number of aryl methyl sites for hydroxylation is 2. The Morgan fingerprint density at radius 3 is 2.74 bits per heavy atom. The molecule has 0 saturated heterocycles. The fourth-order valence-corrected chi connectivity index (χ4v) is 1.75. The molecule has 0 radical (unpaired) electrons. The van der Waals surface area contributed by atoms with Gasteiger partial charge >= 0.3 is 5.97 Å². The van der Waals surface area contributed by atoms with E-state index in [2.05, 4.69) is 15.0 Å². The number of carbonyl (C=O) groups is 1. The van der Waals surface area contributed by atoms with E-state index in [0.717, 1.165) is 0 Å². The fourth-order valence-electron chi connectivity index (χ4n) is 1.75. The van der Waals surface area contributed by atoms with Crippen LogP contribution in [0.4, 0.5) is 0 Å². The van der Waals surface area contributed by atoms with Crippen molar-refractivity contribution in [2.75, 3.05) is 6.61 Å². The number of nitrogens with zero attached hydrogens (tertiary/aromatic N) is 4. The van der Waals surface area contributed by atoms with E-state index in [1.54, 1.807) is 13.1 Å². The summed E-state index contributed by atoms with van der Waals surface area (Å²) in [6.45, 7) is 4.04.